The Kier molecular flexibility index (Phi) is 7.93. The molecule has 1 aromatic carbocycles. The van der Waals surface area contributed by atoms with Crippen LogP contribution in [0.2, 0.25) is 0 Å². The van der Waals surface area contributed by atoms with Crippen LogP contribution in [0.1, 0.15) is 0 Å². The van der Waals surface area contributed by atoms with Gasteiger partial charge in [0, 0.05) is 58.0 Å². The zero-order chi connectivity index (χ0) is 25.7. The van der Waals surface area contributed by atoms with Crippen LogP contribution in [0.4, 0.5) is 11.5 Å². The van der Waals surface area contributed by atoms with E-state index in [0.717, 1.165) is 96.1 Å². The SMILES string of the molecule is S=c1n(CN2CCOCC2)nc(-c2cncc(N3CCN(c4ccccc4)CC3)n2)n1CN1CCOCC1. The second-order valence-corrected chi connectivity index (χ2v) is 10.2. The highest BCUT2D eigenvalue weighted by molar-refractivity contribution is 7.71. The molecule has 0 radical (unpaired) electrons. The van der Waals surface area contributed by atoms with Crippen LogP contribution in [-0.2, 0) is 22.8 Å². The molecular weight excluding hydrogens is 502 g/mol. The number of nitrogens with zero attached hydrogens (tertiary/aromatic N) is 9. The number of morpholine rings is 2. The minimum atomic E-state index is 0.639. The second kappa shape index (κ2) is 11.9. The van der Waals surface area contributed by atoms with E-state index in [1.807, 2.05) is 10.9 Å². The molecule has 3 aromatic rings. The van der Waals surface area contributed by atoms with Crippen molar-refractivity contribution in [3.8, 4) is 11.5 Å². The third-order valence-corrected chi connectivity index (χ3v) is 7.81. The lowest BCUT2D eigenvalue weighted by Gasteiger charge is -2.36. The summed E-state index contributed by atoms with van der Waals surface area (Å²) >= 11 is 5.95. The molecule has 0 saturated carbocycles. The van der Waals surface area contributed by atoms with E-state index in [1.165, 1.54) is 5.69 Å². The Morgan fingerprint density at radius 1 is 0.737 bits per heavy atom. The molecule has 6 rings (SSSR count). The number of anilines is 2. The first-order chi connectivity index (χ1) is 18.7. The van der Waals surface area contributed by atoms with Crippen molar-refractivity contribution in [2.75, 3.05) is 88.6 Å². The molecule has 0 unspecified atom stereocenters. The van der Waals surface area contributed by atoms with E-state index >= 15 is 0 Å². The lowest BCUT2D eigenvalue weighted by molar-refractivity contribution is 0.0194. The van der Waals surface area contributed by atoms with Gasteiger partial charge in [-0.25, -0.2) is 9.67 Å². The average Bonchev–Trinajstić information content (AvgIpc) is 3.29. The minimum Gasteiger partial charge on any atom is -0.379 e. The fourth-order valence-electron chi connectivity index (χ4n) is 5.17. The number of rotatable bonds is 7. The summed E-state index contributed by atoms with van der Waals surface area (Å²) in [6.07, 6.45) is 3.66. The Hall–Kier alpha value is -2.90. The quantitative estimate of drug-likeness (QED) is 0.416. The second-order valence-electron chi connectivity index (χ2n) is 9.85. The Balaban J connectivity index is 1.24. The zero-order valence-electron chi connectivity index (χ0n) is 21.7. The Morgan fingerprint density at radius 2 is 1.37 bits per heavy atom. The number of hydrogen-bond donors (Lipinski definition) is 0. The van der Waals surface area contributed by atoms with Crippen LogP contribution in [0.5, 0.6) is 0 Å². The minimum absolute atomic E-state index is 0.639. The molecule has 3 saturated heterocycles. The molecule has 3 aliphatic rings. The molecule has 0 atom stereocenters. The molecule has 3 aliphatic heterocycles. The van der Waals surface area contributed by atoms with Crippen LogP contribution < -0.4 is 9.80 Å². The number of aromatic nitrogens is 5. The molecule has 38 heavy (non-hydrogen) atoms. The van der Waals surface area contributed by atoms with E-state index < -0.39 is 0 Å². The van der Waals surface area contributed by atoms with Gasteiger partial charge in [-0.05, 0) is 24.4 Å². The topological polar surface area (TPSA) is 80.0 Å². The van der Waals surface area contributed by atoms with Gasteiger partial charge < -0.3 is 19.3 Å². The number of ether oxygens (including phenoxy) is 2. The first-order valence-corrected chi connectivity index (χ1v) is 13.8. The standard InChI is InChI=1S/C26H35N9O2S/c38-26-34(20-30-10-14-36-15-11-30)25(29-35(26)21-31-12-16-37-17-13-31)23-18-27-19-24(28-23)33-8-6-32(7-9-33)22-4-2-1-3-5-22/h1-5,18-19H,6-17,20-21H2. The molecule has 5 heterocycles. The Labute approximate surface area is 228 Å². The van der Waals surface area contributed by atoms with Crippen LogP contribution in [-0.4, -0.2) is 113 Å². The molecule has 0 spiro atoms. The van der Waals surface area contributed by atoms with E-state index in [4.69, 9.17) is 31.8 Å². The summed E-state index contributed by atoms with van der Waals surface area (Å²) in [5.74, 6) is 1.63. The Morgan fingerprint density at radius 3 is 2.05 bits per heavy atom. The van der Waals surface area contributed by atoms with Crippen LogP contribution >= 0.6 is 12.2 Å². The van der Waals surface area contributed by atoms with Crippen molar-refractivity contribution in [3.05, 3.63) is 47.5 Å². The van der Waals surface area contributed by atoms with Crippen molar-refractivity contribution >= 4 is 23.7 Å². The number of piperazine rings is 1. The van der Waals surface area contributed by atoms with Gasteiger partial charge in [0.15, 0.2) is 5.82 Å². The zero-order valence-corrected chi connectivity index (χ0v) is 22.5. The van der Waals surface area contributed by atoms with Gasteiger partial charge in [-0.1, -0.05) is 18.2 Å². The van der Waals surface area contributed by atoms with Crippen molar-refractivity contribution in [2.45, 2.75) is 13.3 Å². The van der Waals surface area contributed by atoms with E-state index in [0.29, 0.717) is 18.1 Å². The maximum atomic E-state index is 5.95. The molecule has 11 nitrogen and oxygen atoms in total. The highest BCUT2D eigenvalue weighted by Crippen LogP contribution is 2.23. The number of para-hydroxylation sites is 1. The van der Waals surface area contributed by atoms with Gasteiger partial charge in [0.05, 0.1) is 52.2 Å². The summed E-state index contributed by atoms with van der Waals surface area (Å²) in [5, 5.41) is 4.98. The van der Waals surface area contributed by atoms with E-state index in [1.54, 1.807) is 6.20 Å². The van der Waals surface area contributed by atoms with Crippen molar-refractivity contribution in [3.63, 3.8) is 0 Å². The van der Waals surface area contributed by atoms with Crippen molar-refractivity contribution in [2.24, 2.45) is 0 Å². The molecule has 3 fully saturated rings. The van der Waals surface area contributed by atoms with Gasteiger partial charge in [0.25, 0.3) is 0 Å². The van der Waals surface area contributed by atoms with Gasteiger partial charge in [-0.3, -0.25) is 19.4 Å². The Bertz CT molecular complexity index is 1250. The summed E-state index contributed by atoms with van der Waals surface area (Å²) in [6, 6.07) is 10.6. The van der Waals surface area contributed by atoms with Crippen LogP contribution in [0.3, 0.4) is 0 Å². The van der Waals surface area contributed by atoms with Gasteiger partial charge in [-0.15, -0.1) is 5.10 Å². The molecule has 0 N–H and O–H groups in total. The van der Waals surface area contributed by atoms with E-state index in [-0.39, 0.29) is 0 Å². The number of benzene rings is 1. The van der Waals surface area contributed by atoms with Crippen LogP contribution in [0, 0.1) is 4.77 Å². The fourth-order valence-corrected chi connectivity index (χ4v) is 5.42. The lowest BCUT2D eigenvalue weighted by atomic mass is 10.2. The fraction of sp³-hybridized carbons (Fsp3) is 0.538. The van der Waals surface area contributed by atoms with Gasteiger partial charge >= 0.3 is 0 Å². The predicted octanol–water partition coefficient (Wildman–Crippen LogP) is 1.78. The van der Waals surface area contributed by atoms with Gasteiger partial charge in [0.1, 0.15) is 11.5 Å². The van der Waals surface area contributed by atoms with Crippen molar-refractivity contribution < 1.29 is 9.47 Å². The molecule has 0 bridgehead atoms. The summed E-state index contributed by atoms with van der Waals surface area (Å²) in [7, 11) is 0. The van der Waals surface area contributed by atoms with Crippen LogP contribution in [0.25, 0.3) is 11.5 Å². The van der Waals surface area contributed by atoms with Crippen molar-refractivity contribution in [1.82, 2.24) is 34.1 Å². The monoisotopic (exact) mass is 537 g/mol. The molecule has 0 aliphatic carbocycles. The smallest absolute Gasteiger partial charge is 0.200 e. The maximum absolute atomic E-state index is 5.95. The van der Waals surface area contributed by atoms with Gasteiger partial charge in [-0.2, -0.15) is 0 Å². The third kappa shape index (κ3) is 5.74. The molecular formula is C26H35N9O2S. The first kappa shape index (κ1) is 25.4. The summed E-state index contributed by atoms with van der Waals surface area (Å²) in [6.45, 7) is 11.4. The summed E-state index contributed by atoms with van der Waals surface area (Å²) in [5.41, 5.74) is 2.01. The van der Waals surface area contributed by atoms with E-state index in [2.05, 4.69) is 59.5 Å². The third-order valence-electron chi connectivity index (χ3n) is 7.38. The number of hydrogen-bond acceptors (Lipinski definition) is 10. The normalized spacial score (nSPS) is 19.7. The molecule has 0 amide bonds. The maximum Gasteiger partial charge on any atom is 0.200 e. The first-order valence-electron chi connectivity index (χ1n) is 13.4. The lowest BCUT2D eigenvalue weighted by Crippen LogP contribution is -2.46. The summed E-state index contributed by atoms with van der Waals surface area (Å²) in [4.78, 5) is 19.0. The van der Waals surface area contributed by atoms with E-state index in [9.17, 15) is 0 Å². The van der Waals surface area contributed by atoms with Gasteiger partial charge in [0.2, 0.25) is 4.77 Å². The summed E-state index contributed by atoms with van der Waals surface area (Å²) < 4.78 is 15.8. The molecule has 2 aromatic heterocycles. The average molecular weight is 538 g/mol. The predicted molar refractivity (Wildman–Crippen MR) is 148 cm³/mol. The molecule has 12 heteroatoms. The van der Waals surface area contributed by atoms with Crippen molar-refractivity contribution in [1.29, 1.82) is 0 Å². The highest BCUT2D eigenvalue weighted by atomic mass is 32.1. The largest absolute Gasteiger partial charge is 0.379 e. The molecule has 202 valence electrons. The highest BCUT2D eigenvalue weighted by Gasteiger charge is 2.23. The van der Waals surface area contributed by atoms with Crippen LogP contribution in [0.15, 0.2) is 42.7 Å².